The molecule has 2 aromatic heterocycles. The van der Waals surface area contributed by atoms with E-state index < -0.39 is 17.7 Å². The van der Waals surface area contributed by atoms with Crippen molar-refractivity contribution < 1.29 is 23.8 Å². The highest BCUT2D eigenvalue weighted by Gasteiger charge is 2.37. The number of anilines is 3. The quantitative estimate of drug-likeness (QED) is 0.166. The first-order valence-corrected chi connectivity index (χ1v) is 16.6. The number of hydrogen-bond acceptors (Lipinski definition) is 7. The van der Waals surface area contributed by atoms with Gasteiger partial charge in [-0.2, -0.15) is 0 Å². The van der Waals surface area contributed by atoms with Crippen LogP contribution in [0.15, 0.2) is 66.9 Å². The van der Waals surface area contributed by atoms with Crippen molar-refractivity contribution in [3.63, 3.8) is 0 Å². The summed E-state index contributed by atoms with van der Waals surface area (Å²) in [4.78, 5) is 24.8. The van der Waals surface area contributed by atoms with Gasteiger partial charge in [0.25, 0.3) is 0 Å². The number of carboxylic acids is 1. The normalized spacial score (nSPS) is 15.2. The van der Waals surface area contributed by atoms with Gasteiger partial charge in [-0.05, 0) is 100 Å². The van der Waals surface area contributed by atoms with Crippen molar-refractivity contribution in [3.8, 4) is 16.9 Å². The molecule has 0 saturated carbocycles. The number of rotatable bonds is 11. The van der Waals surface area contributed by atoms with E-state index in [1.54, 1.807) is 18.3 Å². The Morgan fingerprint density at radius 1 is 1.02 bits per heavy atom. The zero-order valence-electron chi connectivity index (χ0n) is 29.1. The highest BCUT2D eigenvalue weighted by molar-refractivity contribution is 5.93. The number of pyridine rings is 2. The molecule has 0 aliphatic carbocycles. The molecular formula is C39H47FN4O4. The van der Waals surface area contributed by atoms with E-state index in [0.29, 0.717) is 35.9 Å². The van der Waals surface area contributed by atoms with Crippen LogP contribution in [0.4, 0.5) is 21.6 Å². The third-order valence-corrected chi connectivity index (χ3v) is 8.76. The van der Waals surface area contributed by atoms with Gasteiger partial charge in [0.2, 0.25) is 0 Å². The fraction of sp³-hybridized carbons (Fsp3) is 0.410. The van der Waals surface area contributed by atoms with Gasteiger partial charge in [-0.15, -0.1) is 0 Å². The van der Waals surface area contributed by atoms with Gasteiger partial charge in [-0.1, -0.05) is 38.1 Å². The summed E-state index contributed by atoms with van der Waals surface area (Å²) in [5.41, 5.74) is 5.68. The smallest absolute Gasteiger partial charge is 0.337 e. The van der Waals surface area contributed by atoms with Gasteiger partial charge in [-0.25, -0.2) is 14.2 Å². The van der Waals surface area contributed by atoms with Gasteiger partial charge < -0.3 is 24.8 Å². The maximum Gasteiger partial charge on any atom is 0.337 e. The van der Waals surface area contributed by atoms with Crippen LogP contribution in [0.25, 0.3) is 11.1 Å². The highest BCUT2D eigenvalue weighted by Crippen LogP contribution is 2.47. The number of benzene rings is 2. The average Bonchev–Trinajstić information content (AvgIpc) is 3.02. The van der Waals surface area contributed by atoms with Gasteiger partial charge in [0.1, 0.15) is 17.4 Å². The van der Waals surface area contributed by atoms with E-state index in [9.17, 15) is 14.3 Å². The first kappa shape index (κ1) is 34.8. The number of nitrogens with zero attached hydrogens (tertiary/aromatic N) is 3. The van der Waals surface area contributed by atoms with Gasteiger partial charge in [0, 0.05) is 42.5 Å². The fourth-order valence-corrected chi connectivity index (χ4v) is 6.03. The molecular weight excluding hydrogens is 607 g/mol. The van der Waals surface area contributed by atoms with E-state index in [4.69, 9.17) is 14.5 Å². The highest BCUT2D eigenvalue weighted by atomic mass is 19.1. The molecule has 0 radical (unpaired) electrons. The van der Waals surface area contributed by atoms with E-state index in [1.165, 1.54) is 12.1 Å². The Kier molecular flexibility index (Phi) is 10.4. The molecule has 4 aromatic rings. The molecule has 1 saturated heterocycles. The van der Waals surface area contributed by atoms with Crippen molar-refractivity contribution in [1.82, 2.24) is 9.97 Å². The Bertz CT molecular complexity index is 1720. The Morgan fingerprint density at radius 3 is 2.29 bits per heavy atom. The number of aromatic nitrogens is 2. The fourth-order valence-electron chi connectivity index (χ4n) is 6.03. The Morgan fingerprint density at radius 2 is 1.69 bits per heavy atom. The summed E-state index contributed by atoms with van der Waals surface area (Å²) >= 11 is 0. The maximum atomic E-state index is 13.3. The van der Waals surface area contributed by atoms with Crippen molar-refractivity contribution >= 4 is 23.2 Å². The van der Waals surface area contributed by atoms with E-state index in [0.717, 1.165) is 59.7 Å². The minimum absolute atomic E-state index is 0.174. The molecule has 1 aliphatic heterocycles. The van der Waals surface area contributed by atoms with Crippen LogP contribution in [-0.2, 0) is 16.0 Å². The molecule has 2 N–H and O–H groups in total. The molecule has 9 heteroatoms. The third kappa shape index (κ3) is 8.50. The number of aryl methyl sites for hydroxylation is 2. The minimum atomic E-state index is -1.23. The molecule has 1 aliphatic rings. The van der Waals surface area contributed by atoms with Gasteiger partial charge in [0.05, 0.1) is 29.3 Å². The molecule has 3 heterocycles. The second-order valence-electron chi connectivity index (χ2n) is 14.3. The lowest BCUT2D eigenvalue weighted by Gasteiger charge is -2.41. The summed E-state index contributed by atoms with van der Waals surface area (Å²) in [6.07, 6.45) is 3.07. The lowest BCUT2D eigenvalue weighted by molar-refractivity contribution is -0.160. The van der Waals surface area contributed by atoms with Crippen LogP contribution in [0.1, 0.15) is 76.1 Å². The largest absolute Gasteiger partial charge is 0.493 e. The second kappa shape index (κ2) is 14.3. The van der Waals surface area contributed by atoms with Crippen LogP contribution in [0.2, 0.25) is 0 Å². The zero-order valence-corrected chi connectivity index (χ0v) is 29.1. The lowest BCUT2D eigenvalue weighted by Crippen LogP contribution is -2.39. The van der Waals surface area contributed by atoms with Crippen LogP contribution in [0, 0.1) is 25.1 Å². The summed E-state index contributed by atoms with van der Waals surface area (Å²) in [5, 5.41) is 14.2. The van der Waals surface area contributed by atoms with Crippen molar-refractivity contribution in [2.24, 2.45) is 5.41 Å². The molecule has 0 bridgehead atoms. The molecule has 0 spiro atoms. The molecule has 254 valence electrons. The predicted molar refractivity (Wildman–Crippen MR) is 189 cm³/mol. The lowest BCUT2D eigenvalue weighted by atomic mass is 9.82. The number of carbonyl (C=O) groups is 1. The van der Waals surface area contributed by atoms with Crippen LogP contribution in [-0.4, -0.2) is 46.3 Å². The van der Waals surface area contributed by atoms with Crippen molar-refractivity contribution in [1.29, 1.82) is 0 Å². The molecule has 1 fully saturated rings. The van der Waals surface area contributed by atoms with Crippen LogP contribution >= 0.6 is 0 Å². The topological polar surface area (TPSA) is 96.8 Å². The Labute approximate surface area is 283 Å². The Balaban J connectivity index is 1.63. The number of nitrogens with one attached hydrogen (secondary N) is 1. The summed E-state index contributed by atoms with van der Waals surface area (Å²) in [5.74, 6) is -0.0199. The molecule has 5 rings (SSSR count). The summed E-state index contributed by atoms with van der Waals surface area (Å²) in [6.45, 7) is 15.9. The first-order chi connectivity index (χ1) is 22.7. The number of ether oxygens (including phenoxy) is 2. The van der Waals surface area contributed by atoms with Gasteiger partial charge >= 0.3 is 5.97 Å². The second-order valence-corrected chi connectivity index (χ2v) is 14.3. The number of piperidine rings is 1. The molecule has 1 atom stereocenters. The number of hydrogen-bond donors (Lipinski definition) is 2. The molecule has 8 nitrogen and oxygen atoms in total. The molecule has 0 amide bonds. The predicted octanol–water partition coefficient (Wildman–Crippen LogP) is 8.83. The maximum absolute atomic E-state index is 13.3. The van der Waals surface area contributed by atoms with Crippen molar-refractivity contribution in [3.05, 3.63) is 95.2 Å². The summed E-state index contributed by atoms with van der Waals surface area (Å²) < 4.78 is 25.7. The van der Waals surface area contributed by atoms with Crippen molar-refractivity contribution in [2.45, 2.75) is 79.4 Å². The van der Waals surface area contributed by atoms with Crippen molar-refractivity contribution in [2.75, 3.05) is 29.9 Å². The van der Waals surface area contributed by atoms with Gasteiger partial charge in [0.15, 0.2) is 6.10 Å². The first-order valence-electron chi connectivity index (χ1n) is 16.6. The van der Waals surface area contributed by atoms with E-state index in [-0.39, 0.29) is 11.2 Å². The summed E-state index contributed by atoms with van der Waals surface area (Å²) in [6, 6.07) is 18.1. The standard InChI is InChI=1S/C39H47FN4O4/c1-25-31(9-8-21-41-25)43-36-33(28-12-16-30(17-13-28)47-24-18-27-10-14-29(40)15-11-27)34(44-22-19-39(6,7)20-23-44)32(26(2)42-36)35(37(45)46)48-38(3,4)5/h8-17,21,35H,18-20,22-24H2,1-7H3,(H,42,43)(H,45,46)/t35-/m0/s1. The SMILES string of the molecule is Cc1ncccc1Nc1nc(C)c([C@H](OC(C)(C)C)C(=O)O)c(N2CCC(C)(C)CC2)c1-c1ccc(OCCc2ccc(F)cc2)cc1. The number of aliphatic carboxylic acids is 1. The molecule has 2 aromatic carbocycles. The van der Waals surface area contributed by atoms with E-state index in [2.05, 4.69) is 29.0 Å². The zero-order chi connectivity index (χ0) is 34.6. The Hall–Kier alpha value is -4.50. The monoisotopic (exact) mass is 654 g/mol. The summed E-state index contributed by atoms with van der Waals surface area (Å²) in [7, 11) is 0. The number of halogens is 1. The average molecular weight is 655 g/mol. The third-order valence-electron chi connectivity index (χ3n) is 8.76. The minimum Gasteiger partial charge on any atom is -0.493 e. The van der Waals surface area contributed by atoms with Crippen LogP contribution in [0.5, 0.6) is 5.75 Å². The number of carboxylic acid groups (broad SMARTS) is 1. The molecule has 0 unspecified atom stereocenters. The van der Waals surface area contributed by atoms with Crippen LogP contribution in [0.3, 0.4) is 0 Å². The van der Waals surface area contributed by atoms with E-state index in [1.807, 2.05) is 71.0 Å². The van der Waals surface area contributed by atoms with E-state index >= 15 is 0 Å². The van der Waals surface area contributed by atoms with Crippen LogP contribution < -0.4 is 15.0 Å². The molecule has 48 heavy (non-hydrogen) atoms. The van der Waals surface area contributed by atoms with Gasteiger partial charge in [-0.3, -0.25) is 4.98 Å².